The van der Waals surface area contributed by atoms with Crippen molar-refractivity contribution >= 4 is 14.5 Å². The van der Waals surface area contributed by atoms with E-state index in [1.807, 2.05) is 6.92 Å². The second-order valence-electron chi connectivity index (χ2n) is 4.72. The number of ether oxygens (including phenoxy) is 1. The molecular weight excluding hydrogens is 260 g/mol. The fraction of sp³-hybridized carbons (Fsp3) is 0.786. The summed E-state index contributed by atoms with van der Waals surface area (Å²) in [5.74, 6) is -0.344. The third-order valence-corrected chi connectivity index (χ3v) is 7.12. The normalized spacial score (nSPS) is 13.1. The van der Waals surface area contributed by atoms with Gasteiger partial charge in [-0.05, 0) is 31.9 Å². The molecule has 0 radical (unpaired) electrons. The smallest absolute Gasteiger partial charge is 0.337 e. The topological polar surface area (TPSA) is 44.8 Å². The Bertz CT molecular complexity index is 256. The van der Waals surface area contributed by atoms with E-state index in [1.165, 1.54) is 6.08 Å². The molecule has 4 nitrogen and oxygen atoms in total. The molecule has 0 aromatic rings. The van der Waals surface area contributed by atoms with Crippen LogP contribution < -0.4 is 0 Å². The van der Waals surface area contributed by atoms with E-state index < -0.39 is 8.56 Å². The molecule has 0 spiro atoms. The predicted octanol–water partition coefficient (Wildman–Crippen LogP) is 3.42. The summed E-state index contributed by atoms with van der Waals surface area (Å²) in [7, 11) is 1.57. The second kappa shape index (κ2) is 10.2. The molecule has 0 fully saturated rings. The number of hydrogen-bond acceptors (Lipinski definition) is 4. The molecule has 0 bridgehead atoms. The fourth-order valence-electron chi connectivity index (χ4n) is 2.06. The lowest BCUT2D eigenvalue weighted by molar-refractivity contribution is -0.142. The van der Waals surface area contributed by atoms with Crippen LogP contribution in [0.4, 0.5) is 0 Å². The Hall–Kier alpha value is -0.653. The highest BCUT2D eigenvalue weighted by Crippen LogP contribution is 2.21. The van der Waals surface area contributed by atoms with Gasteiger partial charge in [-0.15, -0.1) is 0 Å². The van der Waals surface area contributed by atoms with Crippen molar-refractivity contribution in [1.29, 1.82) is 0 Å². The fourth-order valence-corrected chi connectivity index (χ4v) is 4.36. The van der Waals surface area contributed by atoms with Gasteiger partial charge in [0.15, 0.2) is 0 Å². The quantitative estimate of drug-likeness (QED) is 0.253. The zero-order valence-corrected chi connectivity index (χ0v) is 13.7. The average molecular weight is 288 g/mol. The van der Waals surface area contributed by atoms with Crippen molar-refractivity contribution in [2.75, 3.05) is 14.2 Å². The average Bonchev–Trinajstić information content (AvgIpc) is 2.43. The molecular formula is C14H28O4Si. The van der Waals surface area contributed by atoms with Crippen LogP contribution in [0.2, 0.25) is 12.1 Å². The van der Waals surface area contributed by atoms with Gasteiger partial charge in [-0.1, -0.05) is 26.3 Å². The molecule has 19 heavy (non-hydrogen) atoms. The molecule has 0 saturated heterocycles. The molecule has 1 unspecified atom stereocenters. The monoisotopic (exact) mass is 288 g/mol. The van der Waals surface area contributed by atoms with Crippen LogP contribution in [0.3, 0.4) is 0 Å². The summed E-state index contributed by atoms with van der Waals surface area (Å²) in [5, 5.41) is 0. The van der Waals surface area contributed by atoms with E-state index in [-0.39, 0.29) is 12.1 Å². The van der Waals surface area contributed by atoms with Crippen molar-refractivity contribution in [2.24, 2.45) is 0 Å². The van der Waals surface area contributed by atoms with Crippen LogP contribution >= 0.6 is 0 Å². The highest BCUT2D eigenvalue weighted by molar-refractivity contribution is 6.67. The van der Waals surface area contributed by atoms with Crippen molar-refractivity contribution in [3.63, 3.8) is 0 Å². The lowest BCUT2D eigenvalue weighted by Crippen LogP contribution is -2.38. The number of rotatable bonds is 11. The number of esters is 1. The van der Waals surface area contributed by atoms with Gasteiger partial charge < -0.3 is 13.6 Å². The zero-order chi connectivity index (χ0) is 14.7. The maximum Gasteiger partial charge on any atom is 0.337 e. The van der Waals surface area contributed by atoms with Crippen LogP contribution in [0.1, 0.15) is 39.5 Å². The van der Waals surface area contributed by atoms with E-state index in [4.69, 9.17) is 13.6 Å². The largest absolute Gasteiger partial charge is 0.460 e. The van der Waals surface area contributed by atoms with Gasteiger partial charge in [-0.2, -0.15) is 0 Å². The van der Waals surface area contributed by atoms with E-state index >= 15 is 0 Å². The third kappa shape index (κ3) is 7.50. The minimum Gasteiger partial charge on any atom is -0.460 e. The molecule has 0 aliphatic rings. The minimum atomic E-state index is -1.93. The first-order valence-electron chi connectivity index (χ1n) is 6.97. The molecule has 1 atom stereocenters. The Morgan fingerprint density at radius 2 is 1.89 bits per heavy atom. The van der Waals surface area contributed by atoms with E-state index in [0.29, 0.717) is 0 Å². The Kier molecular flexibility index (Phi) is 9.82. The second-order valence-corrected chi connectivity index (χ2v) is 8.57. The first kappa shape index (κ1) is 18.3. The summed E-state index contributed by atoms with van der Waals surface area (Å²) < 4.78 is 16.2. The maximum atomic E-state index is 11.0. The number of hydrogen-bond donors (Lipinski definition) is 0. The summed E-state index contributed by atoms with van der Waals surface area (Å²) in [5.41, 5.74) is 0. The lowest BCUT2D eigenvalue weighted by Gasteiger charge is -2.25. The van der Waals surface area contributed by atoms with Gasteiger partial charge in [0.25, 0.3) is 0 Å². The van der Waals surface area contributed by atoms with Crippen LogP contribution in [0.25, 0.3) is 0 Å². The number of carbonyl (C=O) groups excluding carboxylic acids is 1. The van der Waals surface area contributed by atoms with Gasteiger partial charge >= 0.3 is 14.5 Å². The molecule has 0 aromatic heterocycles. The maximum absolute atomic E-state index is 11.0. The van der Waals surface area contributed by atoms with Crippen molar-refractivity contribution in [3.05, 3.63) is 12.7 Å². The van der Waals surface area contributed by atoms with E-state index in [9.17, 15) is 4.79 Å². The molecule has 0 aliphatic heterocycles. The van der Waals surface area contributed by atoms with Crippen LogP contribution in [0, 0.1) is 0 Å². The van der Waals surface area contributed by atoms with E-state index in [0.717, 1.165) is 37.8 Å². The summed E-state index contributed by atoms with van der Waals surface area (Å²) in [4.78, 5) is 11.0. The predicted molar refractivity (Wildman–Crippen MR) is 79.3 cm³/mol. The molecule has 0 amide bonds. The molecule has 5 heteroatoms. The Labute approximate surface area is 118 Å². The van der Waals surface area contributed by atoms with Crippen molar-refractivity contribution in [2.45, 2.75) is 57.7 Å². The molecule has 112 valence electrons. The summed E-state index contributed by atoms with van der Waals surface area (Å²) in [6.07, 6.45) is 5.31. The van der Waals surface area contributed by atoms with Gasteiger partial charge in [0.1, 0.15) is 0 Å². The van der Waals surface area contributed by atoms with Gasteiger partial charge in [-0.3, -0.25) is 0 Å². The zero-order valence-electron chi connectivity index (χ0n) is 12.7. The molecule has 0 aliphatic carbocycles. The van der Waals surface area contributed by atoms with Crippen LogP contribution in [0.5, 0.6) is 0 Å². The first-order valence-corrected chi connectivity index (χ1v) is 9.20. The number of carbonyl (C=O) groups is 1. The first-order chi connectivity index (χ1) is 9.03. The Morgan fingerprint density at radius 3 is 2.37 bits per heavy atom. The van der Waals surface area contributed by atoms with Crippen LogP contribution in [-0.2, 0) is 18.4 Å². The van der Waals surface area contributed by atoms with Gasteiger partial charge in [-0.25, -0.2) is 4.79 Å². The molecule has 0 saturated carbocycles. The van der Waals surface area contributed by atoms with Gasteiger partial charge in [0.05, 0.1) is 6.10 Å². The Balaban J connectivity index is 3.75. The number of unbranched alkanes of at least 4 members (excludes halogenated alkanes) is 2. The summed E-state index contributed by atoms with van der Waals surface area (Å²) in [6.45, 7) is 7.42. The molecule has 0 rings (SSSR count). The molecule has 0 aromatic carbocycles. The standard InChI is InChI=1S/C14H28O4Si/c1-6-14(15)18-13(3)11-9-8-10-12-19(7-2,16-4)17-5/h6,13H,1,7-12H2,2-5H3. The lowest BCUT2D eigenvalue weighted by atomic mass is 10.1. The third-order valence-electron chi connectivity index (χ3n) is 3.44. The molecule has 0 N–H and O–H groups in total. The van der Waals surface area contributed by atoms with E-state index in [1.54, 1.807) is 14.2 Å². The summed E-state index contributed by atoms with van der Waals surface area (Å²) >= 11 is 0. The Morgan fingerprint density at radius 1 is 1.26 bits per heavy atom. The highest BCUT2D eigenvalue weighted by Gasteiger charge is 2.32. The summed E-state index contributed by atoms with van der Waals surface area (Å²) in [6, 6.07) is 2.00. The van der Waals surface area contributed by atoms with Crippen LogP contribution in [0.15, 0.2) is 12.7 Å². The molecule has 0 heterocycles. The minimum absolute atomic E-state index is 0.0384. The van der Waals surface area contributed by atoms with Crippen molar-refractivity contribution < 1.29 is 18.4 Å². The SMILES string of the molecule is C=CC(=O)OC(C)CCCCC[Si](CC)(OC)OC. The van der Waals surface area contributed by atoms with Crippen LogP contribution in [-0.4, -0.2) is 34.9 Å². The van der Waals surface area contributed by atoms with Crippen molar-refractivity contribution in [3.8, 4) is 0 Å². The highest BCUT2D eigenvalue weighted by atomic mass is 28.4. The van der Waals surface area contributed by atoms with Crippen molar-refractivity contribution in [1.82, 2.24) is 0 Å². The van der Waals surface area contributed by atoms with E-state index in [2.05, 4.69) is 13.5 Å². The van der Waals surface area contributed by atoms with Gasteiger partial charge in [0.2, 0.25) is 0 Å². The van der Waals surface area contributed by atoms with Gasteiger partial charge in [0, 0.05) is 20.3 Å².